The van der Waals surface area contributed by atoms with Gasteiger partial charge in [0.05, 0.1) is 5.75 Å². The fourth-order valence-electron chi connectivity index (χ4n) is 2.33. The highest BCUT2D eigenvalue weighted by molar-refractivity contribution is 7.89. The molecule has 90 valence electrons. The number of hydrogen-bond acceptors (Lipinski definition) is 3. The Morgan fingerprint density at radius 3 is 2.27 bits per heavy atom. The second-order valence-electron chi connectivity index (χ2n) is 4.73. The molecule has 0 amide bonds. The van der Waals surface area contributed by atoms with E-state index >= 15 is 0 Å². The maximum Gasteiger partial charge on any atom is 0.212 e. The first kappa shape index (κ1) is 12.9. The predicted molar refractivity (Wildman–Crippen MR) is 62.2 cm³/mol. The molecule has 1 aliphatic heterocycles. The number of rotatable bonds is 4. The Morgan fingerprint density at radius 1 is 1.27 bits per heavy atom. The summed E-state index contributed by atoms with van der Waals surface area (Å²) in [5, 5.41) is 0. The van der Waals surface area contributed by atoms with Gasteiger partial charge in [-0.2, -0.15) is 0 Å². The first-order valence-corrected chi connectivity index (χ1v) is 7.21. The largest absolute Gasteiger partial charge is 0.302 e. The van der Waals surface area contributed by atoms with Gasteiger partial charge >= 0.3 is 0 Å². The molecule has 0 saturated carbocycles. The Morgan fingerprint density at radius 2 is 1.80 bits per heavy atom. The normalized spacial score (nSPS) is 29.3. The van der Waals surface area contributed by atoms with Gasteiger partial charge in [-0.3, -0.25) is 0 Å². The Hall–Kier alpha value is -0.130. The van der Waals surface area contributed by atoms with E-state index in [1.54, 1.807) is 0 Å². The van der Waals surface area contributed by atoms with Crippen LogP contribution < -0.4 is 4.72 Å². The minimum absolute atomic E-state index is 0.211. The van der Waals surface area contributed by atoms with Crippen LogP contribution in [0.15, 0.2) is 0 Å². The molecular formula is C10H22N2O2S. The highest BCUT2D eigenvalue weighted by Gasteiger charge is 2.22. The lowest BCUT2D eigenvalue weighted by molar-refractivity contribution is 0.148. The molecule has 5 heteroatoms. The molecule has 1 saturated heterocycles. The lowest BCUT2D eigenvalue weighted by Gasteiger charge is -2.34. The highest BCUT2D eigenvalue weighted by Crippen LogP contribution is 2.20. The summed E-state index contributed by atoms with van der Waals surface area (Å²) in [4.78, 5) is 2.26. The van der Waals surface area contributed by atoms with Crippen LogP contribution in [0.3, 0.4) is 0 Å². The molecule has 0 spiro atoms. The van der Waals surface area contributed by atoms with Crippen molar-refractivity contribution >= 4 is 10.0 Å². The van der Waals surface area contributed by atoms with Gasteiger partial charge in [0.15, 0.2) is 0 Å². The summed E-state index contributed by atoms with van der Waals surface area (Å²) >= 11 is 0. The smallest absolute Gasteiger partial charge is 0.212 e. The van der Waals surface area contributed by atoms with Crippen LogP contribution in [0.5, 0.6) is 0 Å². The standard InChI is InChI=1S/C10H22N2O2S/c1-9-6-10(2)8-12(7-9)4-5-15(13,14)11-3/h9-11H,4-8H2,1-3H3. The van der Waals surface area contributed by atoms with Crippen molar-refractivity contribution in [2.75, 3.05) is 32.4 Å². The van der Waals surface area contributed by atoms with Crippen LogP contribution in [0.1, 0.15) is 20.3 Å². The molecule has 0 aromatic rings. The van der Waals surface area contributed by atoms with Crippen molar-refractivity contribution in [2.24, 2.45) is 11.8 Å². The van der Waals surface area contributed by atoms with E-state index in [4.69, 9.17) is 0 Å². The lowest BCUT2D eigenvalue weighted by Crippen LogP contribution is -2.42. The molecule has 0 aromatic heterocycles. The van der Waals surface area contributed by atoms with Gasteiger partial charge in [-0.05, 0) is 25.3 Å². The fraction of sp³-hybridized carbons (Fsp3) is 1.00. The van der Waals surface area contributed by atoms with Gasteiger partial charge in [0, 0.05) is 19.6 Å². The van der Waals surface area contributed by atoms with Crippen LogP contribution in [-0.2, 0) is 10.0 Å². The summed E-state index contributed by atoms with van der Waals surface area (Å²) in [6.07, 6.45) is 1.26. The van der Waals surface area contributed by atoms with Crippen LogP contribution in [0.2, 0.25) is 0 Å². The van der Waals surface area contributed by atoms with Crippen LogP contribution in [0.25, 0.3) is 0 Å². The number of nitrogens with one attached hydrogen (secondary N) is 1. The maximum atomic E-state index is 11.3. The van der Waals surface area contributed by atoms with Crippen molar-refractivity contribution in [1.82, 2.24) is 9.62 Å². The molecule has 1 fully saturated rings. The molecule has 1 heterocycles. The van der Waals surface area contributed by atoms with E-state index in [-0.39, 0.29) is 5.75 Å². The predicted octanol–water partition coefficient (Wildman–Crippen LogP) is 0.513. The summed E-state index contributed by atoms with van der Waals surface area (Å²) in [6.45, 7) is 7.18. The Kier molecular flexibility index (Phi) is 4.55. The number of nitrogens with zero attached hydrogens (tertiary/aromatic N) is 1. The fourth-order valence-corrected chi connectivity index (χ4v) is 3.03. The average Bonchev–Trinajstić information content (AvgIpc) is 2.14. The van der Waals surface area contributed by atoms with E-state index in [1.165, 1.54) is 13.5 Å². The Labute approximate surface area is 93.1 Å². The van der Waals surface area contributed by atoms with Gasteiger partial charge in [0.2, 0.25) is 10.0 Å². The van der Waals surface area contributed by atoms with Gasteiger partial charge in [-0.1, -0.05) is 13.8 Å². The van der Waals surface area contributed by atoms with E-state index < -0.39 is 10.0 Å². The quantitative estimate of drug-likeness (QED) is 0.771. The zero-order valence-corrected chi connectivity index (χ0v) is 10.7. The van der Waals surface area contributed by atoms with Gasteiger partial charge in [0.1, 0.15) is 0 Å². The second kappa shape index (κ2) is 5.27. The maximum absolute atomic E-state index is 11.3. The average molecular weight is 234 g/mol. The third-order valence-corrected chi connectivity index (χ3v) is 4.27. The van der Waals surface area contributed by atoms with Crippen LogP contribution in [0.4, 0.5) is 0 Å². The van der Waals surface area contributed by atoms with Crippen molar-refractivity contribution in [1.29, 1.82) is 0 Å². The SMILES string of the molecule is CNS(=O)(=O)CCN1CC(C)CC(C)C1. The van der Waals surface area contributed by atoms with Crippen molar-refractivity contribution in [3.05, 3.63) is 0 Å². The van der Waals surface area contributed by atoms with Crippen molar-refractivity contribution in [3.8, 4) is 0 Å². The summed E-state index contributed by atoms with van der Waals surface area (Å²) in [5.74, 6) is 1.58. The molecule has 1 rings (SSSR count). The van der Waals surface area contributed by atoms with Gasteiger partial charge in [-0.15, -0.1) is 0 Å². The minimum atomic E-state index is -3.05. The lowest BCUT2D eigenvalue weighted by atomic mass is 9.92. The molecule has 2 unspecified atom stereocenters. The third kappa shape index (κ3) is 4.49. The minimum Gasteiger partial charge on any atom is -0.302 e. The van der Waals surface area contributed by atoms with E-state index in [9.17, 15) is 8.42 Å². The van der Waals surface area contributed by atoms with Crippen molar-refractivity contribution < 1.29 is 8.42 Å². The summed E-state index contributed by atoms with van der Waals surface area (Å²) in [6, 6.07) is 0. The van der Waals surface area contributed by atoms with E-state index in [0.717, 1.165) is 13.1 Å². The van der Waals surface area contributed by atoms with Crippen molar-refractivity contribution in [3.63, 3.8) is 0 Å². The third-order valence-electron chi connectivity index (χ3n) is 2.93. The molecule has 0 radical (unpaired) electrons. The molecule has 0 aromatic carbocycles. The number of likely N-dealkylation sites (tertiary alicyclic amines) is 1. The van der Waals surface area contributed by atoms with Gasteiger partial charge < -0.3 is 4.90 Å². The molecule has 0 bridgehead atoms. The molecule has 2 atom stereocenters. The van der Waals surface area contributed by atoms with Gasteiger partial charge in [0.25, 0.3) is 0 Å². The molecule has 4 nitrogen and oxygen atoms in total. The molecule has 15 heavy (non-hydrogen) atoms. The zero-order chi connectivity index (χ0) is 11.5. The Bertz CT molecular complexity index is 280. The zero-order valence-electron chi connectivity index (χ0n) is 9.86. The molecule has 1 N–H and O–H groups in total. The van der Waals surface area contributed by atoms with Crippen LogP contribution in [0, 0.1) is 11.8 Å². The number of piperidine rings is 1. The van der Waals surface area contributed by atoms with Gasteiger partial charge in [-0.25, -0.2) is 13.1 Å². The van der Waals surface area contributed by atoms with Crippen LogP contribution >= 0.6 is 0 Å². The summed E-state index contributed by atoms with van der Waals surface area (Å²) < 4.78 is 24.9. The Balaban J connectivity index is 2.39. The topological polar surface area (TPSA) is 49.4 Å². The van der Waals surface area contributed by atoms with E-state index in [2.05, 4.69) is 23.5 Å². The van der Waals surface area contributed by atoms with E-state index in [1.807, 2.05) is 0 Å². The highest BCUT2D eigenvalue weighted by atomic mass is 32.2. The number of hydrogen-bond donors (Lipinski definition) is 1. The summed E-state index contributed by atoms with van der Waals surface area (Å²) in [5.41, 5.74) is 0. The monoisotopic (exact) mass is 234 g/mol. The second-order valence-corrected chi connectivity index (χ2v) is 6.77. The summed E-state index contributed by atoms with van der Waals surface area (Å²) in [7, 11) is -1.58. The van der Waals surface area contributed by atoms with Crippen LogP contribution in [-0.4, -0.2) is 45.8 Å². The molecule has 0 aliphatic carbocycles. The first-order chi connectivity index (χ1) is 6.93. The van der Waals surface area contributed by atoms with Crippen molar-refractivity contribution in [2.45, 2.75) is 20.3 Å². The van der Waals surface area contributed by atoms with E-state index in [0.29, 0.717) is 18.4 Å². The molecular weight excluding hydrogens is 212 g/mol. The first-order valence-electron chi connectivity index (χ1n) is 5.56. The molecule has 1 aliphatic rings. The number of sulfonamides is 1.